The van der Waals surface area contributed by atoms with Crippen LogP contribution < -0.4 is 0 Å². The standard InChI is InChI=1S/C16H20NO4/c1-16(2,3)21-15(19)10-13(20-11-18)9-14(17)12-7-5-4-6-8-12/h4-8,10-11,13,17H,9H2,1-3H3/t13-/m1/s1. The summed E-state index contributed by atoms with van der Waals surface area (Å²) in [6.07, 6.45) is 0.476. The molecule has 1 aromatic carbocycles. The van der Waals surface area contributed by atoms with E-state index in [-0.39, 0.29) is 18.6 Å². The molecule has 0 aromatic heterocycles. The fraction of sp³-hybridized carbons (Fsp3) is 0.375. The van der Waals surface area contributed by atoms with Gasteiger partial charge in [-0.1, -0.05) is 30.3 Å². The van der Waals surface area contributed by atoms with Crippen molar-refractivity contribution in [2.45, 2.75) is 38.9 Å². The molecule has 0 fully saturated rings. The molecule has 0 saturated heterocycles. The molecule has 113 valence electrons. The second-order valence-corrected chi connectivity index (χ2v) is 5.52. The van der Waals surface area contributed by atoms with Gasteiger partial charge in [0.15, 0.2) is 0 Å². The molecule has 0 spiro atoms. The Morgan fingerprint density at radius 1 is 1.29 bits per heavy atom. The summed E-state index contributed by atoms with van der Waals surface area (Å²) in [4.78, 5) is 22.3. The number of hydrogen-bond acceptors (Lipinski definition) is 5. The van der Waals surface area contributed by atoms with E-state index < -0.39 is 17.7 Å². The Hall–Kier alpha value is -2.17. The summed E-state index contributed by atoms with van der Waals surface area (Å²) in [7, 11) is 0. The van der Waals surface area contributed by atoms with Gasteiger partial charge in [0.05, 0.1) is 0 Å². The van der Waals surface area contributed by atoms with Crippen molar-refractivity contribution in [2.24, 2.45) is 0 Å². The van der Waals surface area contributed by atoms with E-state index in [1.54, 1.807) is 32.9 Å². The van der Waals surface area contributed by atoms with Gasteiger partial charge in [-0.05, 0) is 26.3 Å². The zero-order valence-electron chi connectivity index (χ0n) is 12.5. The topological polar surface area (TPSA) is 76.5 Å². The van der Waals surface area contributed by atoms with Crippen molar-refractivity contribution in [3.8, 4) is 0 Å². The zero-order chi connectivity index (χ0) is 15.9. The summed E-state index contributed by atoms with van der Waals surface area (Å²) >= 11 is 0. The van der Waals surface area contributed by atoms with Crippen LogP contribution >= 0.6 is 0 Å². The van der Waals surface area contributed by atoms with Crippen LogP contribution in [0.15, 0.2) is 30.3 Å². The van der Waals surface area contributed by atoms with Gasteiger partial charge in [0.2, 0.25) is 0 Å². The first kappa shape index (κ1) is 16.9. The minimum atomic E-state index is -0.815. The number of benzene rings is 1. The number of hydrogen-bond donors (Lipinski definition) is 1. The van der Waals surface area contributed by atoms with Crippen LogP contribution in [0.1, 0.15) is 32.8 Å². The number of ether oxygens (including phenoxy) is 2. The Morgan fingerprint density at radius 2 is 1.90 bits per heavy atom. The van der Waals surface area contributed by atoms with E-state index in [1.165, 1.54) is 6.42 Å². The van der Waals surface area contributed by atoms with Crippen molar-refractivity contribution >= 4 is 18.2 Å². The maximum Gasteiger partial charge on any atom is 0.314 e. The average molecular weight is 290 g/mol. The van der Waals surface area contributed by atoms with Crippen molar-refractivity contribution in [1.29, 1.82) is 5.41 Å². The maximum atomic E-state index is 11.7. The molecule has 1 rings (SSSR count). The predicted molar refractivity (Wildman–Crippen MR) is 79.0 cm³/mol. The molecule has 1 aromatic rings. The molecule has 0 bridgehead atoms. The highest BCUT2D eigenvalue weighted by Crippen LogP contribution is 2.13. The lowest BCUT2D eigenvalue weighted by Crippen LogP contribution is -2.29. The highest BCUT2D eigenvalue weighted by Gasteiger charge is 2.23. The first-order valence-corrected chi connectivity index (χ1v) is 6.61. The molecule has 5 nitrogen and oxygen atoms in total. The van der Waals surface area contributed by atoms with Gasteiger partial charge in [-0.15, -0.1) is 0 Å². The smallest absolute Gasteiger partial charge is 0.314 e. The SMILES string of the molecule is CC(C)(C)OC(=O)[CH][C@@H](CC(=N)c1ccccc1)OC=O. The van der Waals surface area contributed by atoms with E-state index in [0.717, 1.165) is 5.56 Å². The lowest BCUT2D eigenvalue weighted by Gasteiger charge is -2.21. The Labute approximate surface area is 124 Å². The predicted octanol–water partition coefficient (Wildman–Crippen LogP) is 2.53. The molecule has 0 aliphatic rings. The third kappa shape index (κ3) is 6.70. The Kier molecular flexibility index (Phi) is 6.09. The largest absolute Gasteiger partial charge is 0.463 e. The third-order valence-electron chi connectivity index (χ3n) is 2.49. The number of carbonyl (C=O) groups excluding carboxylic acids is 2. The molecule has 21 heavy (non-hydrogen) atoms. The van der Waals surface area contributed by atoms with E-state index in [2.05, 4.69) is 0 Å². The van der Waals surface area contributed by atoms with Gasteiger partial charge in [-0.25, -0.2) is 0 Å². The van der Waals surface area contributed by atoms with Crippen LogP contribution in [0, 0.1) is 11.8 Å². The van der Waals surface area contributed by atoms with Gasteiger partial charge in [0.25, 0.3) is 6.47 Å². The van der Waals surface area contributed by atoms with E-state index in [1.807, 2.05) is 18.2 Å². The molecule has 1 N–H and O–H groups in total. The molecular formula is C16H20NO4. The Bertz CT molecular complexity index is 491. The summed E-state index contributed by atoms with van der Waals surface area (Å²) in [6, 6.07) is 9.05. The summed E-state index contributed by atoms with van der Waals surface area (Å²) in [5.74, 6) is -0.574. The van der Waals surface area contributed by atoms with Crippen LogP contribution in [-0.2, 0) is 19.1 Å². The number of rotatable bonds is 7. The minimum absolute atomic E-state index is 0.113. The van der Waals surface area contributed by atoms with Crippen LogP contribution in [0.4, 0.5) is 0 Å². The zero-order valence-corrected chi connectivity index (χ0v) is 12.5. The Morgan fingerprint density at radius 3 is 2.43 bits per heavy atom. The molecule has 1 atom stereocenters. The number of nitrogens with one attached hydrogen (secondary N) is 1. The molecule has 0 saturated carbocycles. The quantitative estimate of drug-likeness (QED) is 0.475. The van der Waals surface area contributed by atoms with Crippen molar-refractivity contribution in [1.82, 2.24) is 0 Å². The van der Waals surface area contributed by atoms with Crippen LogP contribution in [0.5, 0.6) is 0 Å². The number of esters is 1. The molecule has 0 aliphatic heterocycles. The first-order chi connectivity index (χ1) is 9.81. The lowest BCUT2D eigenvalue weighted by molar-refractivity contribution is -0.152. The van der Waals surface area contributed by atoms with E-state index in [0.29, 0.717) is 0 Å². The number of carbonyl (C=O) groups is 2. The van der Waals surface area contributed by atoms with Gasteiger partial charge in [-0.3, -0.25) is 9.59 Å². The lowest BCUT2D eigenvalue weighted by atomic mass is 10.0. The van der Waals surface area contributed by atoms with Gasteiger partial charge in [-0.2, -0.15) is 0 Å². The summed E-state index contributed by atoms with van der Waals surface area (Å²) < 4.78 is 9.98. The van der Waals surface area contributed by atoms with Crippen molar-refractivity contribution in [2.75, 3.05) is 0 Å². The van der Waals surface area contributed by atoms with Crippen molar-refractivity contribution in [3.05, 3.63) is 42.3 Å². The fourth-order valence-electron chi connectivity index (χ4n) is 1.66. The second kappa shape index (κ2) is 7.57. The highest BCUT2D eigenvalue weighted by atomic mass is 16.6. The van der Waals surface area contributed by atoms with E-state index in [9.17, 15) is 9.59 Å². The van der Waals surface area contributed by atoms with E-state index in [4.69, 9.17) is 14.9 Å². The highest BCUT2D eigenvalue weighted by molar-refractivity contribution is 5.99. The molecular weight excluding hydrogens is 270 g/mol. The van der Waals surface area contributed by atoms with E-state index >= 15 is 0 Å². The third-order valence-corrected chi connectivity index (χ3v) is 2.49. The van der Waals surface area contributed by atoms with Gasteiger partial charge in [0, 0.05) is 12.1 Å². The summed E-state index contributed by atoms with van der Waals surface area (Å²) in [6.45, 7) is 5.52. The second-order valence-electron chi connectivity index (χ2n) is 5.52. The van der Waals surface area contributed by atoms with Gasteiger partial charge >= 0.3 is 5.97 Å². The molecule has 0 heterocycles. The van der Waals surface area contributed by atoms with Crippen molar-refractivity contribution < 1.29 is 19.1 Å². The fourth-order valence-corrected chi connectivity index (χ4v) is 1.66. The summed E-state index contributed by atoms with van der Waals surface area (Å²) in [5.41, 5.74) is 0.378. The molecule has 0 unspecified atom stereocenters. The Balaban J connectivity index is 2.63. The van der Waals surface area contributed by atoms with Gasteiger partial charge in [0.1, 0.15) is 18.1 Å². The average Bonchev–Trinajstić information content (AvgIpc) is 2.37. The maximum absolute atomic E-state index is 11.7. The summed E-state index contributed by atoms with van der Waals surface area (Å²) in [5, 5.41) is 7.99. The van der Waals surface area contributed by atoms with Crippen molar-refractivity contribution in [3.63, 3.8) is 0 Å². The van der Waals surface area contributed by atoms with Crippen LogP contribution in [0.25, 0.3) is 0 Å². The minimum Gasteiger partial charge on any atom is -0.463 e. The molecule has 1 radical (unpaired) electrons. The van der Waals surface area contributed by atoms with Crippen LogP contribution in [0.2, 0.25) is 0 Å². The molecule has 5 heteroatoms. The van der Waals surface area contributed by atoms with Gasteiger partial charge < -0.3 is 14.9 Å². The normalized spacial score (nSPS) is 12.3. The van der Waals surface area contributed by atoms with Crippen LogP contribution in [0.3, 0.4) is 0 Å². The first-order valence-electron chi connectivity index (χ1n) is 6.61. The molecule has 0 aliphatic carbocycles. The van der Waals surface area contributed by atoms with Crippen LogP contribution in [-0.4, -0.2) is 29.9 Å². The molecule has 0 amide bonds. The monoisotopic (exact) mass is 290 g/mol.